The molecule has 1 aliphatic heterocycles. The van der Waals surface area contributed by atoms with E-state index in [2.05, 4.69) is 4.98 Å². The quantitative estimate of drug-likeness (QED) is 0.830. The molecule has 7 heteroatoms. The molecule has 0 spiro atoms. The van der Waals surface area contributed by atoms with Crippen LogP contribution in [-0.4, -0.2) is 27.7 Å². The summed E-state index contributed by atoms with van der Waals surface area (Å²) in [5.74, 6) is -0.399. The second kappa shape index (κ2) is 6.26. The van der Waals surface area contributed by atoms with Crippen molar-refractivity contribution in [2.45, 2.75) is 52.0 Å². The lowest BCUT2D eigenvalue weighted by Crippen LogP contribution is -2.37. The van der Waals surface area contributed by atoms with Crippen LogP contribution in [0.4, 0.5) is 0 Å². The Labute approximate surface area is 121 Å². The van der Waals surface area contributed by atoms with Crippen LogP contribution in [0.1, 0.15) is 39.8 Å². The zero-order chi connectivity index (χ0) is 15.6. The SMILES string of the molecule is CC[C@H]1[C@@H](OC(C)=O)[C@H](n2ccc(=O)[nH]c2=O)O[C@@H]1CC. The van der Waals surface area contributed by atoms with Gasteiger partial charge < -0.3 is 9.47 Å². The number of hydrogen-bond donors (Lipinski definition) is 1. The first-order valence-electron chi connectivity index (χ1n) is 7.12. The molecule has 0 bridgehead atoms. The van der Waals surface area contributed by atoms with Gasteiger partial charge in [0, 0.05) is 25.1 Å². The summed E-state index contributed by atoms with van der Waals surface area (Å²) in [4.78, 5) is 36.6. The average Bonchev–Trinajstić information content (AvgIpc) is 2.75. The van der Waals surface area contributed by atoms with E-state index in [1.807, 2.05) is 13.8 Å². The minimum absolute atomic E-state index is 0.0164. The van der Waals surface area contributed by atoms with E-state index >= 15 is 0 Å². The zero-order valence-corrected chi connectivity index (χ0v) is 12.4. The van der Waals surface area contributed by atoms with Crippen molar-refractivity contribution in [3.8, 4) is 0 Å². The summed E-state index contributed by atoms with van der Waals surface area (Å²) in [5.41, 5.74) is -1.05. The maximum atomic E-state index is 11.9. The molecule has 7 nitrogen and oxygen atoms in total. The fourth-order valence-electron chi connectivity index (χ4n) is 2.86. The number of H-pyrrole nitrogens is 1. The fraction of sp³-hybridized carbons (Fsp3) is 0.643. The third kappa shape index (κ3) is 3.07. The van der Waals surface area contributed by atoms with Crippen molar-refractivity contribution < 1.29 is 14.3 Å². The van der Waals surface area contributed by atoms with Gasteiger partial charge in [-0.1, -0.05) is 13.8 Å². The molecule has 4 atom stereocenters. The number of aromatic amines is 1. The second-order valence-electron chi connectivity index (χ2n) is 5.14. The van der Waals surface area contributed by atoms with Crippen LogP contribution in [0.25, 0.3) is 0 Å². The van der Waals surface area contributed by atoms with Crippen LogP contribution < -0.4 is 11.2 Å². The average molecular weight is 296 g/mol. The summed E-state index contributed by atoms with van der Waals surface area (Å²) in [6.07, 6.45) is 1.54. The number of nitrogens with one attached hydrogen (secondary N) is 1. The van der Waals surface area contributed by atoms with E-state index in [1.54, 1.807) is 0 Å². The van der Waals surface area contributed by atoms with Crippen molar-refractivity contribution in [1.29, 1.82) is 0 Å². The molecule has 0 amide bonds. The van der Waals surface area contributed by atoms with Crippen molar-refractivity contribution in [2.24, 2.45) is 5.92 Å². The summed E-state index contributed by atoms with van der Waals surface area (Å²) in [6, 6.07) is 1.25. The van der Waals surface area contributed by atoms with Gasteiger partial charge in [-0.2, -0.15) is 0 Å². The number of esters is 1. The van der Waals surface area contributed by atoms with Crippen molar-refractivity contribution in [3.63, 3.8) is 0 Å². The fourth-order valence-corrected chi connectivity index (χ4v) is 2.86. The number of aromatic nitrogens is 2. The molecule has 0 aliphatic carbocycles. The van der Waals surface area contributed by atoms with Gasteiger partial charge in [0.05, 0.1) is 6.10 Å². The van der Waals surface area contributed by atoms with Gasteiger partial charge in [0.2, 0.25) is 0 Å². The predicted molar refractivity (Wildman–Crippen MR) is 74.9 cm³/mol. The van der Waals surface area contributed by atoms with Gasteiger partial charge in [-0.15, -0.1) is 0 Å². The summed E-state index contributed by atoms with van der Waals surface area (Å²) in [6.45, 7) is 5.31. The molecular weight excluding hydrogens is 276 g/mol. The number of hydrogen-bond acceptors (Lipinski definition) is 5. The van der Waals surface area contributed by atoms with E-state index < -0.39 is 29.6 Å². The van der Waals surface area contributed by atoms with E-state index in [0.717, 1.165) is 12.8 Å². The first kappa shape index (κ1) is 15.5. The lowest BCUT2D eigenvalue weighted by atomic mass is 9.93. The molecule has 1 aromatic rings. The van der Waals surface area contributed by atoms with Gasteiger partial charge in [-0.25, -0.2) is 4.79 Å². The maximum Gasteiger partial charge on any atom is 0.330 e. The van der Waals surface area contributed by atoms with Crippen LogP contribution in [0.5, 0.6) is 0 Å². The van der Waals surface area contributed by atoms with Crippen molar-refractivity contribution in [3.05, 3.63) is 33.1 Å². The molecule has 1 aromatic heterocycles. The van der Waals surface area contributed by atoms with Crippen LogP contribution in [0.3, 0.4) is 0 Å². The monoisotopic (exact) mass is 296 g/mol. The topological polar surface area (TPSA) is 90.4 Å². The van der Waals surface area contributed by atoms with Gasteiger partial charge in [-0.3, -0.25) is 19.1 Å². The summed E-state index contributed by atoms with van der Waals surface area (Å²) in [5, 5.41) is 0. The molecule has 0 radical (unpaired) electrons. The Balaban J connectivity index is 2.41. The molecule has 1 fully saturated rings. The van der Waals surface area contributed by atoms with Crippen molar-refractivity contribution in [2.75, 3.05) is 0 Å². The van der Waals surface area contributed by atoms with Crippen LogP contribution in [0.2, 0.25) is 0 Å². The first-order chi connectivity index (χ1) is 9.97. The molecular formula is C14H20N2O5. The highest BCUT2D eigenvalue weighted by molar-refractivity contribution is 5.66. The molecule has 2 rings (SSSR count). The van der Waals surface area contributed by atoms with E-state index in [-0.39, 0.29) is 12.0 Å². The highest BCUT2D eigenvalue weighted by Crippen LogP contribution is 2.38. The minimum atomic E-state index is -0.715. The molecule has 1 saturated heterocycles. The smallest absolute Gasteiger partial charge is 0.330 e. The Morgan fingerprint density at radius 3 is 2.62 bits per heavy atom. The first-order valence-corrected chi connectivity index (χ1v) is 7.12. The van der Waals surface area contributed by atoms with Gasteiger partial charge in [0.25, 0.3) is 5.56 Å². The van der Waals surface area contributed by atoms with Crippen LogP contribution in [-0.2, 0) is 14.3 Å². The van der Waals surface area contributed by atoms with E-state index in [4.69, 9.17) is 9.47 Å². The number of carbonyl (C=O) groups excluding carboxylic acids is 1. The second-order valence-corrected chi connectivity index (χ2v) is 5.14. The van der Waals surface area contributed by atoms with E-state index in [9.17, 15) is 14.4 Å². The maximum absolute atomic E-state index is 11.9. The van der Waals surface area contributed by atoms with Crippen LogP contribution in [0, 0.1) is 5.92 Å². The zero-order valence-electron chi connectivity index (χ0n) is 12.4. The van der Waals surface area contributed by atoms with Gasteiger partial charge in [0.15, 0.2) is 12.3 Å². The van der Waals surface area contributed by atoms with Crippen molar-refractivity contribution >= 4 is 5.97 Å². The summed E-state index contributed by atoms with van der Waals surface area (Å²) >= 11 is 0. The van der Waals surface area contributed by atoms with Gasteiger partial charge >= 0.3 is 11.7 Å². The molecule has 21 heavy (non-hydrogen) atoms. The lowest BCUT2D eigenvalue weighted by Gasteiger charge is -2.23. The molecule has 0 aromatic carbocycles. The normalized spacial score (nSPS) is 28.5. The number of nitrogens with zero attached hydrogens (tertiary/aromatic N) is 1. The Morgan fingerprint density at radius 1 is 1.38 bits per heavy atom. The number of carbonyl (C=O) groups is 1. The molecule has 1 N–H and O–H groups in total. The Bertz CT molecular complexity index is 620. The van der Waals surface area contributed by atoms with Crippen LogP contribution in [0.15, 0.2) is 21.9 Å². The number of rotatable bonds is 4. The Kier molecular flexibility index (Phi) is 4.62. The predicted octanol–water partition coefficient (Wildman–Crippen LogP) is 0.802. The third-order valence-corrected chi connectivity index (χ3v) is 3.80. The number of ether oxygens (including phenoxy) is 2. The minimum Gasteiger partial charge on any atom is -0.457 e. The van der Waals surface area contributed by atoms with E-state index in [0.29, 0.717) is 0 Å². The Morgan fingerprint density at radius 2 is 2.10 bits per heavy atom. The van der Waals surface area contributed by atoms with Crippen LogP contribution >= 0.6 is 0 Å². The Hall–Kier alpha value is -1.89. The molecule has 116 valence electrons. The largest absolute Gasteiger partial charge is 0.457 e. The third-order valence-electron chi connectivity index (χ3n) is 3.80. The summed E-state index contributed by atoms with van der Waals surface area (Å²) in [7, 11) is 0. The standard InChI is InChI=1S/C14H20N2O5/c1-4-9-10(5-2)21-13(12(9)20-8(3)17)16-7-6-11(18)15-14(16)19/h6-7,9-10,12-13H,4-5H2,1-3H3,(H,15,18,19)/t9-,10-,12-,13-/m1/s1. The van der Waals surface area contributed by atoms with E-state index in [1.165, 1.54) is 23.8 Å². The van der Waals surface area contributed by atoms with Gasteiger partial charge in [0.1, 0.15) is 0 Å². The molecule has 0 saturated carbocycles. The molecule has 1 aliphatic rings. The molecule has 0 unspecified atom stereocenters. The lowest BCUT2D eigenvalue weighted by molar-refractivity contribution is -0.154. The summed E-state index contributed by atoms with van der Waals surface area (Å²) < 4.78 is 12.6. The van der Waals surface area contributed by atoms with Gasteiger partial charge in [-0.05, 0) is 12.8 Å². The molecule has 2 heterocycles. The highest BCUT2D eigenvalue weighted by Gasteiger charge is 2.46. The highest BCUT2D eigenvalue weighted by atomic mass is 16.6. The van der Waals surface area contributed by atoms with Crippen molar-refractivity contribution in [1.82, 2.24) is 9.55 Å².